The molecule has 0 atom stereocenters. The first-order chi connectivity index (χ1) is 12.6. The number of aryl methyl sites for hydroxylation is 1. The molecule has 0 saturated carbocycles. The van der Waals surface area contributed by atoms with E-state index in [0.29, 0.717) is 11.1 Å². The summed E-state index contributed by atoms with van der Waals surface area (Å²) >= 11 is 0. The third kappa shape index (κ3) is 3.83. The number of carbonyl (C=O) groups is 1. The molecule has 0 bridgehead atoms. The lowest BCUT2D eigenvalue weighted by molar-refractivity contribution is 0.0601. The van der Waals surface area contributed by atoms with Gasteiger partial charge in [0.2, 0.25) is 0 Å². The van der Waals surface area contributed by atoms with Gasteiger partial charge in [0, 0.05) is 5.56 Å². The standard InChI is InChI=1S/C23H21FO2/c1-3-4-16-5-7-18(8-6-16)21-14-13-20(15-22(21)24)17-9-11-19(12-10-17)23(25)26-2/h5-15H,3-4H2,1-2H3. The van der Waals surface area contributed by atoms with Gasteiger partial charge in [0.15, 0.2) is 0 Å². The number of hydrogen-bond acceptors (Lipinski definition) is 2. The Morgan fingerprint density at radius 1 is 0.885 bits per heavy atom. The smallest absolute Gasteiger partial charge is 0.337 e. The number of carbonyl (C=O) groups excluding carboxylic acids is 1. The van der Waals surface area contributed by atoms with Crippen LogP contribution in [0.15, 0.2) is 66.7 Å². The summed E-state index contributed by atoms with van der Waals surface area (Å²) in [7, 11) is 1.35. The number of esters is 1. The first kappa shape index (κ1) is 17.9. The zero-order valence-electron chi connectivity index (χ0n) is 15.0. The highest BCUT2D eigenvalue weighted by atomic mass is 19.1. The molecule has 0 aromatic heterocycles. The summed E-state index contributed by atoms with van der Waals surface area (Å²) in [4.78, 5) is 11.5. The van der Waals surface area contributed by atoms with Gasteiger partial charge in [-0.05, 0) is 46.9 Å². The summed E-state index contributed by atoms with van der Waals surface area (Å²) in [6.45, 7) is 2.14. The van der Waals surface area contributed by atoms with Crippen LogP contribution in [0.25, 0.3) is 22.3 Å². The van der Waals surface area contributed by atoms with E-state index < -0.39 is 0 Å². The van der Waals surface area contributed by atoms with E-state index in [1.165, 1.54) is 18.7 Å². The van der Waals surface area contributed by atoms with Gasteiger partial charge >= 0.3 is 5.97 Å². The van der Waals surface area contributed by atoms with Crippen LogP contribution >= 0.6 is 0 Å². The second-order valence-corrected chi connectivity index (χ2v) is 6.21. The van der Waals surface area contributed by atoms with Crippen molar-refractivity contribution in [2.24, 2.45) is 0 Å². The lowest BCUT2D eigenvalue weighted by Gasteiger charge is -2.08. The average molecular weight is 348 g/mol. The van der Waals surface area contributed by atoms with E-state index in [1.807, 2.05) is 18.2 Å². The van der Waals surface area contributed by atoms with Gasteiger partial charge < -0.3 is 4.74 Å². The molecule has 0 aliphatic rings. The fourth-order valence-electron chi connectivity index (χ4n) is 2.99. The maximum atomic E-state index is 14.7. The van der Waals surface area contributed by atoms with Gasteiger partial charge in [-0.25, -0.2) is 9.18 Å². The van der Waals surface area contributed by atoms with Crippen molar-refractivity contribution in [1.82, 2.24) is 0 Å². The maximum Gasteiger partial charge on any atom is 0.337 e. The molecule has 26 heavy (non-hydrogen) atoms. The van der Waals surface area contributed by atoms with Crippen LogP contribution in [-0.2, 0) is 11.2 Å². The van der Waals surface area contributed by atoms with E-state index in [4.69, 9.17) is 4.74 Å². The SMILES string of the molecule is CCCc1ccc(-c2ccc(-c3ccc(C(=O)OC)cc3)cc2F)cc1. The van der Waals surface area contributed by atoms with E-state index in [9.17, 15) is 9.18 Å². The number of methoxy groups -OCH3 is 1. The Balaban J connectivity index is 1.86. The highest BCUT2D eigenvalue weighted by Gasteiger charge is 2.09. The number of hydrogen-bond donors (Lipinski definition) is 0. The van der Waals surface area contributed by atoms with Crippen LogP contribution in [-0.4, -0.2) is 13.1 Å². The van der Waals surface area contributed by atoms with Crippen molar-refractivity contribution >= 4 is 5.97 Å². The Labute approximate surface area is 153 Å². The number of rotatable bonds is 5. The van der Waals surface area contributed by atoms with Gasteiger partial charge in [-0.1, -0.05) is 61.9 Å². The quantitative estimate of drug-likeness (QED) is 0.537. The van der Waals surface area contributed by atoms with Crippen molar-refractivity contribution in [3.8, 4) is 22.3 Å². The molecule has 3 heteroatoms. The van der Waals surface area contributed by atoms with Crippen LogP contribution < -0.4 is 0 Å². The van der Waals surface area contributed by atoms with Crippen LogP contribution in [0.3, 0.4) is 0 Å². The largest absolute Gasteiger partial charge is 0.465 e. The average Bonchev–Trinajstić information content (AvgIpc) is 2.68. The molecule has 3 aromatic carbocycles. The minimum absolute atomic E-state index is 0.261. The van der Waals surface area contributed by atoms with E-state index in [-0.39, 0.29) is 11.8 Å². The van der Waals surface area contributed by atoms with Gasteiger partial charge in [0.05, 0.1) is 12.7 Å². The zero-order chi connectivity index (χ0) is 18.5. The molecule has 0 N–H and O–H groups in total. The third-order valence-corrected chi connectivity index (χ3v) is 4.41. The first-order valence-electron chi connectivity index (χ1n) is 8.70. The molecular weight excluding hydrogens is 327 g/mol. The van der Waals surface area contributed by atoms with Crippen LogP contribution in [0, 0.1) is 5.82 Å². The van der Waals surface area contributed by atoms with Crippen LogP contribution in [0.5, 0.6) is 0 Å². The van der Waals surface area contributed by atoms with Gasteiger partial charge in [0.25, 0.3) is 0 Å². The van der Waals surface area contributed by atoms with Crippen molar-refractivity contribution in [2.75, 3.05) is 7.11 Å². The molecule has 2 nitrogen and oxygen atoms in total. The van der Waals surface area contributed by atoms with Crippen molar-refractivity contribution in [3.05, 3.63) is 83.7 Å². The van der Waals surface area contributed by atoms with Crippen LogP contribution in [0.4, 0.5) is 4.39 Å². The number of halogens is 1. The molecule has 0 aliphatic heterocycles. The summed E-state index contributed by atoms with van der Waals surface area (Å²) in [5.41, 5.74) is 4.81. The second-order valence-electron chi connectivity index (χ2n) is 6.21. The molecule has 3 rings (SSSR count). The number of benzene rings is 3. The molecule has 0 heterocycles. The molecular formula is C23H21FO2. The van der Waals surface area contributed by atoms with Gasteiger partial charge in [0.1, 0.15) is 5.82 Å². The predicted molar refractivity (Wildman–Crippen MR) is 103 cm³/mol. The Morgan fingerprint density at radius 3 is 2.08 bits per heavy atom. The normalized spacial score (nSPS) is 10.6. The Morgan fingerprint density at radius 2 is 1.50 bits per heavy atom. The van der Waals surface area contributed by atoms with Crippen LogP contribution in [0.1, 0.15) is 29.3 Å². The second kappa shape index (κ2) is 7.96. The Kier molecular flexibility index (Phi) is 5.47. The number of ether oxygens (including phenoxy) is 1. The first-order valence-corrected chi connectivity index (χ1v) is 8.70. The van der Waals surface area contributed by atoms with Crippen molar-refractivity contribution in [2.45, 2.75) is 19.8 Å². The Bertz CT molecular complexity index is 896. The molecule has 0 fully saturated rings. The Hall–Kier alpha value is -2.94. The molecule has 0 saturated heterocycles. The highest BCUT2D eigenvalue weighted by molar-refractivity contribution is 5.90. The predicted octanol–water partition coefficient (Wildman–Crippen LogP) is 5.90. The van der Waals surface area contributed by atoms with E-state index in [1.54, 1.807) is 30.3 Å². The maximum absolute atomic E-state index is 14.7. The van der Waals surface area contributed by atoms with E-state index in [0.717, 1.165) is 29.5 Å². The molecule has 0 spiro atoms. The molecule has 0 unspecified atom stereocenters. The van der Waals surface area contributed by atoms with Gasteiger partial charge in [-0.2, -0.15) is 0 Å². The lowest BCUT2D eigenvalue weighted by atomic mass is 9.98. The van der Waals surface area contributed by atoms with E-state index in [2.05, 4.69) is 19.1 Å². The topological polar surface area (TPSA) is 26.3 Å². The molecule has 3 aromatic rings. The third-order valence-electron chi connectivity index (χ3n) is 4.41. The minimum atomic E-state index is -0.385. The fourth-order valence-corrected chi connectivity index (χ4v) is 2.99. The van der Waals surface area contributed by atoms with Crippen LogP contribution in [0.2, 0.25) is 0 Å². The minimum Gasteiger partial charge on any atom is -0.465 e. The summed E-state index contributed by atoms with van der Waals surface area (Å²) in [5.74, 6) is -0.646. The van der Waals surface area contributed by atoms with Crippen molar-refractivity contribution in [3.63, 3.8) is 0 Å². The summed E-state index contributed by atoms with van der Waals surface area (Å²) < 4.78 is 19.3. The van der Waals surface area contributed by atoms with Gasteiger partial charge in [-0.3, -0.25) is 0 Å². The monoisotopic (exact) mass is 348 g/mol. The molecule has 0 amide bonds. The van der Waals surface area contributed by atoms with Crippen molar-refractivity contribution < 1.29 is 13.9 Å². The van der Waals surface area contributed by atoms with Crippen molar-refractivity contribution in [1.29, 1.82) is 0 Å². The summed E-state index contributed by atoms with van der Waals surface area (Å²) in [5, 5.41) is 0. The molecule has 132 valence electrons. The molecule has 0 aliphatic carbocycles. The lowest BCUT2D eigenvalue weighted by Crippen LogP contribution is -2.00. The summed E-state index contributed by atoms with van der Waals surface area (Å²) in [6, 6.07) is 20.2. The van der Waals surface area contributed by atoms with Gasteiger partial charge in [-0.15, -0.1) is 0 Å². The fraction of sp³-hybridized carbons (Fsp3) is 0.174. The molecule has 0 radical (unpaired) electrons. The highest BCUT2D eigenvalue weighted by Crippen LogP contribution is 2.28. The summed E-state index contributed by atoms with van der Waals surface area (Å²) in [6.07, 6.45) is 2.13. The zero-order valence-corrected chi connectivity index (χ0v) is 15.0. The van der Waals surface area contributed by atoms with E-state index >= 15 is 0 Å².